The fourth-order valence-electron chi connectivity index (χ4n) is 2.66. The van der Waals surface area contributed by atoms with Crippen molar-refractivity contribution in [3.8, 4) is 0 Å². The molecule has 1 aliphatic rings. The Bertz CT molecular complexity index is 667. The first-order chi connectivity index (χ1) is 11.2. The van der Waals surface area contributed by atoms with Crippen LogP contribution in [0.1, 0.15) is 15.9 Å². The summed E-state index contributed by atoms with van der Waals surface area (Å²) in [6, 6.07) is 13.5. The van der Waals surface area contributed by atoms with Crippen LogP contribution < -0.4 is 10.2 Å². The second-order valence-corrected chi connectivity index (χ2v) is 5.70. The minimum Gasteiger partial charge on any atom is -0.370 e. The van der Waals surface area contributed by atoms with Crippen LogP contribution in [0.25, 0.3) is 0 Å². The standard InChI is InChI=1S/C18H19FN2O2/c19-16-3-1-2-15(12-16)18(22)20-17-6-4-14(5-7-17)13-21-8-10-23-11-9-21/h1-7,12H,8-11,13H2,(H,20,22)/p+1. The maximum Gasteiger partial charge on any atom is 0.255 e. The summed E-state index contributed by atoms with van der Waals surface area (Å²) in [6.07, 6.45) is 0. The van der Waals surface area contributed by atoms with Crippen LogP contribution in [0.3, 0.4) is 0 Å². The molecule has 4 nitrogen and oxygen atoms in total. The highest BCUT2D eigenvalue weighted by Crippen LogP contribution is 2.12. The first-order valence-corrected chi connectivity index (χ1v) is 7.78. The Labute approximate surface area is 134 Å². The Morgan fingerprint density at radius 2 is 1.87 bits per heavy atom. The number of hydrogen-bond donors (Lipinski definition) is 2. The van der Waals surface area contributed by atoms with Gasteiger partial charge in [0.1, 0.15) is 25.5 Å². The zero-order valence-corrected chi connectivity index (χ0v) is 12.8. The number of anilines is 1. The minimum atomic E-state index is -0.415. The molecule has 0 saturated carbocycles. The number of rotatable bonds is 4. The molecule has 0 aromatic heterocycles. The van der Waals surface area contributed by atoms with Gasteiger partial charge in [0.15, 0.2) is 0 Å². The summed E-state index contributed by atoms with van der Waals surface area (Å²) in [5.41, 5.74) is 2.25. The summed E-state index contributed by atoms with van der Waals surface area (Å²) in [5, 5.41) is 2.78. The largest absolute Gasteiger partial charge is 0.370 e. The van der Waals surface area contributed by atoms with Crippen LogP contribution >= 0.6 is 0 Å². The van der Waals surface area contributed by atoms with E-state index in [1.54, 1.807) is 6.07 Å². The summed E-state index contributed by atoms with van der Waals surface area (Å²) < 4.78 is 18.5. The number of carbonyl (C=O) groups excluding carboxylic acids is 1. The van der Waals surface area contributed by atoms with Crippen LogP contribution in [-0.2, 0) is 11.3 Å². The molecular weight excluding hydrogens is 295 g/mol. The zero-order valence-electron chi connectivity index (χ0n) is 12.8. The molecule has 23 heavy (non-hydrogen) atoms. The van der Waals surface area contributed by atoms with E-state index in [9.17, 15) is 9.18 Å². The van der Waals surface area contributed by atoms with Crippen molar-refractivity contribution in [3.63, 3.8) is 0 Å². The number of amides is 1. The van der Waals surface area contributed by atoms with Gasteiger partial charge < -0.3 is 15.0 Å². The Morgan fingerprint density at radius 1 is 1.13 bits per heavy atom. The van der Waals surface area contributed by atoms with Gasteiger partial charge in [0.25, 0.3) is 5.91 Å². The molecule has 2 aromatic rings. The van der Waals surface area contributed by atoms with E-state index in [-0.39, 0.29) is 5.91 Å². The van der Waals surface area contributed by atoms with E-state index in [1.165, 1.54) is 28.7 Å². The molecule has 0 atom stereocenters. The second-order valence-electron chi connectivity index (χ2n) is 5.70. The maximum absolute atomic E-state index is 13.2. The van der Waals surface area contributed by atoms with Crippen molar-refractivity contribution in [1.29, 1.82) is 0 Å². The highest BCUT2D eigenvalue weighted by molar-refractivity contribution is 6.04. The first-order valence-electron chi connectivity index (χ1n) is 7.78. The molecule has 1 amide bonds. The Morgan fingerprint density at radius 3 is 2.57 bits per heavy atom. The topological polar surface area (TPSA) is 42.8 Å². The number of morpholine rings is 1. The number of carbonyl (C=O) groups is 1. The molecule has 1 saturated heterocycles. The number of hydrogen-bond acceptors (Lipinski definition) is 2. The van der Waals surface area contributed by atoms with Crippen LogP contribution in [0, 0.1) is 5.82 Å². The summed E-state index contributed by atoms with van der Waals surface area (Å²) in [4.78, 5) is 13.6. The van der Waals surface area contributed by atoms with E-state index in [0.29, 0.717) is 11.3 Å². The van der Waals surface area contributed by atoms with Crippen LogP contribution in [0.2, 0.25) is 0 Å². The van der Waals surface area contributed by atoms with Crippen LogP contribution in [0.5, 0.6) is 0 Å². The Balaban J connectivity index is 1.59. The summed E-state index contributed by atoms with van der Waals surface area (Å²) in [5.74, 6) is -0.725. The summed E-state index contributed by atoms with van der Waals surface area (Å²) in [6.45, 7) is 4.64. The van der Waals surface area contributed by atoms with Gasteiger partial charge in [-0.15, -0.1) is 0 Å². The van der Waals surface area contributed by atoms with Crippen molar-refractivity contribution < 1.29 is 18.8 Å². The zero-order chi connectivity index (χ0) is 16.1. The first kappa shape index (κ1) is 15.6. The third kappa shape index (κ3) is 4.37. The molecule has 1 fully saturated rings. The molecule has 1 aliphatic heterocycles. The predicted octanol–water partition coefficient (Wildman–Crippen LogP) is 1.49. The van der Waals surface area contributed by atoms with Crippen molar-refractivity contribution in [1.82, 2.24) is 0 Å². The van der Waals surface area contributed by atoms with Crippen molar-refractivity contribution in [2.45, 2.75) is 6.54 Å². The lowest BCUT2D eigenvalue weighted by Crippen LogP contribution is -3.12. The van der Waals surface area contributed by atoms with Crippen LogP contribution in [-0.4, -0.2) is 32.2 Å². The highest BCUT2D eigenvalue weighted by Gasteiger charge is 2.14. The smallest absolute Gasteiger partial charge is 0.255 e. The molecule has 5 heteroatoms. The third-order valence-corrected chi connectivity index (χ3v) is 3.95. The monoisotopic (exact) mass is 315 g/mol. The number of halogens is 1. The van der Waals surface area contributed by atoms with Gasteiger partial charge >= 0.3 is 0 Å². The predicted molar refractivity (Wildman–Crippen MR) is 86.0 cm³/mol. The van der Waals surface area contributed by atoms with E-state index in [4.69, 9.17) is 4.74 Å². The van der Waals surface area contributed by atoms with Crippen molar-refractivity contribution in [2.24, 2.45) is 0 Å². The van der Waals surface area contributed by atoms with E-state index in [2.05, 4.69) is 5.32 Å². The lowest BCUT2D eigenvalue weighted by molar-refractivity contribution is -0.921. The van der Waals surface area contributed by atoms with Gasteiger partial charge in [0.2, 0.25) is 0 Å². The summed E-state index contributed by atoms with van der Waals surface area (Å²) >= 11 is 0. The number of benzene rings is 2. The number of nitrogens with one attached hydrogen (secondary N) is 2. The molecule has 0 bridgehead atoms. The third-order valence-electron chi connectivity index (χ3n) is 3.95. The lowest BCUT2D eigenvalue weighted by atomic mass is 10.1. The average molecular weight is 315 g/mol. The highest BCUT2D eigenvalue weighted by atomic mass is 19.1. The van der Waals surface area contributed by atoms with Crippen molar-refractivity contribution in [3.05, 3.63) is 65.5 Å². The van der Waals surface area contributed by atoms with Gasteiger partial charge in [0, 0.05) is 16.8 Å². The molecular formula is C18H20FN2O2+. The van der Waals surface area contributed by atoms with E-state index in [1.807, 2.05) is 24.3 Å². The molecule has 0 radical (unpaired) electrons. The van der Waals surface area contributed by atoms with Crippen molar-refractivity contribution >= 4 is 11.6 Å². The Hall–Kier alpha value is -2.24. The van der Waals surface area contributed by atoms with E-state index < -0.39 is 5.82 Å². The van der Waals surface area contributed by atoms with Gasteiger partial charge in [-0.3, -0.25) is 4.79 Å². The molecule has 120 valence electrons. The molecule has 2 N–H and O–H groups in total. The minimum absolute atomic E-state index is 0.309. The van der Waals surface area contributed by atoms with Gasteiger partial charge in [-0.1, -0.05) is 18.2 Å². The van der Waals surface area contributed by atoms with E-state index >= 15 is 0 Å². The molecule has 3 rings (SSSR count). The fraction of sp³-hybridized carbons (Fsp3) is 0.278. The second kappa shape index (κ2) is 7.35. The maximum atomic E-state index is 13.2. The summed E-state index contributed by atoms with van der Waals surface area (Å²) in [7, 11) is 0. The van der Waals surface area contributed by atoms with Gasteiger partial charge in [0.05, 0.1) is 13.2 Å². The molecule has 0 spiro atoms. The quantitative estimate of drug-likeness (QED) is 0.898. The van der Waals surface area contributed by atoms with Crippen molar-refractivity contribution in [2.75, 3.05) is 31.6 Å². The van der Waals surface area contributed by atoms with Crippen LogP contribution in [0.4, 0.5) is 10.1 Å². The SMILES string of the molecule is O=C(Nc1ccc(C[NH+]2CCOCC2)cc1)c1cccc(F)c1. The van der Waals surface area contributed by atoms with Gasteiger partial charge in [-0.2, -0.15) is 0 Å². The van der Waals surface area contributed by atoms with Gasteiger partial charge in [-0.05, 0) is 30.3 Å². The van der Waals surface area contributed by atoms with Crippen LogP contribution in [0.15, 0.2) is 48.5 Å². The number of quaternary nitrogens is 1. The van der Waals surface area contributed by atoms with Gasteiger partial charge in [-0.25, -0.2) is 4.39 Å². The Kier molecular flexibility index (Phi) is 5.00. The fourth-order valence-corrected chi connectivity index (χ4v) is 2.66. The van der Waals surface area contributed by atoms with E-state index in [0.717, 1.165) is 32.8 Å². The molecule has 0 aliphatic carbocycles. The normalized spacial score (nSPS) is 15.3. The molecule has 0 unspecified atom stereocenters. The average Bonchev–Trinajstić information content (AvgIpc) is 2.57. The number of ether oxygens (including phenoxy) is 1. The molecule has 2 aromatic carbocycles. The molecule has 1 heterocycles. The lowest BCUT2D eigenvalue weighted by Gasteiger charge is -2.23.